The summed E-state index contributed by atoms with van der Waals surface area (Å²) in [5.74, 6) is -1.10. The van der Waals surface area contributed by atoms with Crippen LogP contribution in [0.5, 0.6) is 0 Å². The van der Waals surface area contributed by atoms with Gasteiger partial charge in [-0.2, -0.15) is 0 Å². The Morgan fingerprint density at radius 1 is 1.20 bits per heavy atom. The zero-order chi connectivity index (χ0) is 10.8. The van der Waals surface area contributed by atoms with Gasteiger partial charge in [-0.3, -0.25) is 4.99 Å². The second-order valence-corrected chi connectivity index (χ2v) is 3.58. The van der Waals surface area contributed by atoms with Gasteiger partial charge in [0.1, 0.15) is 11.6 Å². The zero-order valence-corrected chi connectivity index (χ0v) is 8.43. The smallest absolute Gasteiger partial charge is 0.135 e. The van der Waals surface area contributed by atoms with E-state index in [1.165, 1.54) is 18.2 Å². The van der Waals surface area contributed by atoms with Gasteiger partial charge in [-0.15, -0.1) is 0 Å². The molecule has 1 heterocycles. The Kier molecular flexibility index (Phi) is 2.62. The van der Waals surface area contributed by atoms with Gasteiger partial charge in [0.05, 0.1) is 11.3 Å². The Hall–Kier alpha value is -1.51. The van der Waals surface area contributed by atoms with Crippen molar-refractivity contribution >= 4 is 11.9 Å². The van der Waals surface area contributed by atoms with Crippen LogP contribution in [0.3, 0.4) is 0 Å². The van der Waals surface area contributed by atoms with E-state index < -0.39 is 11.6 Å². The summed E-state index contributed by atoms with van der Waals surface area (Å²) in [6, 6.07) is 3.86. The molecule has 0 bridgehead atoms. The molecular formula is C12H11F2N. The molecule has 1 aliphatic heterocycles. The highest BCUT2D eigenvalue weighted by Crippen LogP contribution is 2.29. The summed E-state index contributed by atoms with van der Waals surface area (Å²) in [5, 5.41) is 0. The van der Waals surface area contributed by atoms with Crippen LogP contribution in [-0.4, -0.2) is 6.21 Å². The first-order chi connectivity index (χ1) is 7.20. The highest BCUT2D eigenvalue weighted by atomic mass is 19.1. The maximum atomic E-state index is 13.5. The van der Waals surface area contributed by atoms with Crippen molar-refractivity contribution in [2.24, 2.45) is 4.99 Å². The Labute approximate surface area is 87.2 Å². The zero-order valence-electron chi connectivity index (χ0n) is 8.43. The number of hydrogen-bond acceptors (Lipinski definition) is 1. The Morgan fingerprint density at radius 3 is 2.47 bits per heavy atom. The molecule has 0 saturated carbocycles. The number of allylic oxidation sites excluding steroid dienone is 1. The highest BCUT2D eigenvalue weighted by molar-refractivity contribution is 5.78. The maximum absolute atomic E-state index is 13.5. The van der Waals surface area contributed by atoms with Gasteiger partial charge in [0.2, 0.25) is 0 Å². The number of aliphatic imine (C=N–C) groups is 1. The minimum atomic E-state index is -0.552. The van der Waals surface area contributed by atoms with E-state index in [4.69, 9.17) is 0 Å². The minimum Gasteiger partial charge on any atom is -0.260 e. The van der Waals surface area contributed by atoms with Crippen LogP contribution < -0.4 is 0 Å². The van der Waals surface area contributed by atoms with Crippen LogP contribution >= 0.6 is 0 Å². The Morgan fingerprint density at radius 2 is 1.87 bits per heavy atom. The molecule has 78 valence electrons. The van der Waals surface area contributed by atoms with Gasteiger partial charge in [0.25, 0.3) is 0 Å². The van der Waals surface area contributed by atoms with Crippen LogP contribution in [0.2, 0.25) is 0 Å². The number of halogens is 2. The van der Waals surface area contributed by atoms with Gasteiger partial charge in [0, 0.05) is 6.21 Å². The fourth-order valence-corrected chi connectivity index (χ4v) is 1.67. The first kappa shape index (κ1) is 10.0. The lowest BCUT2D eigenvalue weighted by atomic mass is 10.0. The summed E-state index contributed by atoms with van der Waals surface area (Å²) in [6.45, 7) is 1.86. The molecule has 1 aromatic rings. The van der Waals surface area contributed by atoms with Crippen LogP contribution in [0.25, 0.3) is 5.70 Å². The van der Waals surface area contributed by atoms with E-state index in [9.17, 15) is 8.78 Å². The molecule has 15 heavy (non-hydrogen) atoms. The number of hydrogen-bond donors (Lipinski definition) is 0. The molecule has 1 nitrogen and oxygen atoms in total. The second kappa shape index (κ2) is 3.93. The van der Waals surface area contributed by atoms with E-state index in [2.05, 4.69) is 4.99 Å². The van der Waals surface area contributed by atoms with Crippen molar-refractivity contribution < 1.29 is 8.78 Å². The molecule has 0 fully saturated rings. The fraction of sp³-hybridized carbons (Fsp3) is 0.250. The molecule has 0 aromatic heterocycles. The molecule has 0 unspecified atom stereocenters. The van der Waals surface area contributed by atoms with E-state index in [0.29, 0.717) is 5.70 Å². The standard InChI is InChI=1S/C12H11F2N/c1-8-4-3-7-15-12(8)11-9(13)5-2-6-10(11)14/h2,5-7H,3-4H2,1H3. The summed E-state index contributed by atoms with van der Waals surface area (Å²) in [5.41, 5.74) is 1.37. The predicted octanol–water partition coefficient (Wildman–Crippen LogP) is 3.56. The molecule has 0 spiro atoms. The number of nitrogens with zero attached hydrogens (tertiary/aromatic N) is 1. The maximum Gasteiger partial charge on any atom is 0.135 e. The number of benzene rings is 1. The lowest BCUT2D eigenvalue weighted by molar-refractivity contribution is 0.576. The fourth-order valence-electron chi connectivity index (χ4n) is 1.67. The molecule has 0 saturated heterocycles. The summed E-state index contributed by atoms with van der Waals surface area (Å²) >= 11 is 0. The van der Waals surface area contributed by atoms with Crippen molar-refractivity contribution in [3.05, 3.63) is 41.0 Å². The van der Waals surface area contributed by atoms with Crippen molar-refractivity contribution in [1.82, 2.24) is 0 Å². The average Bonchev–Trinajstić information content (AvgIpc) is 2.20. The van der Waals surface area contributed by atoms with Gasteiger partial charge in [0.15, 0.2) is 0 Å². The molecule has 0 aliphatic carbocycles. The van der Waals surface area contributed by atoms with Gasteiger partial charge in [-0.1, -0.05) is 6.07 Å². The third-order valence-electron chi connectivity index (χ3n) is 2.47. The second-order valence-electron chi connectivity index (χ2n) is 3.58. The van der Waals surface area contributed by atoms with Crippen molar-refractivity contribution in [1.29, 1.82) is 0 Å². The van der Waals surface area contributed by atoms with Crippen LogP contribution in [0.1, 0.15) is 25.3 Å². The molecule has 0 amide bonds. The first-order valence-corrected chi connectivity index (χ1v) is 4.87. The Balaban J connectivity index is 2.59. The highest BCUT2D eigenvalue weighted by Gasteiger charge is 2.16. The van der Waals surface area contributed by atoms with E-state index in [0.717, 1.165) is 18.4 Å². The summed E-state index contributed by atoms with van der Waals surface area (Å²) < 4.78 is 26.9. The van der Waals surface area contributed by atoms with Gasteiger partial charge < -0.3 is 0 Å². The van der Waals surface area contributed by atoms with E-state index in [-0.39, 0.29) is 5.56 Å². The molecule has 2 rings (SSSR count). The van der Waals surface area contributed by atoms with Gasteiger partial charge >= 0.3 is 0 Å². The largest absolute Gasteiger partial charge is 0.260 e. The molecule has 0 N–H and O–H groups in total. The van der Waals surface area contributed by atoms with Gasteiger partial charge in [-0.25, -0.2) is 8.78 Å². The van der Waals surface area contributed by atoms with Crippen LogP contribution in [0, 0.1) is 11.6 Å². The van der Waals surface area contributed by atoms with Crippen molar-refractivity contribution in [2.45, 2.75) is 19.8 Å². The molecule has 1 aromatic carbocycles. The van der Waals surface area contributed by atoms with E-state index in [1.54, 1.807) is 6.21 Å². The van der Waals surface area contributed by atoms with Crippen LogP contribution in [0.15, 0.2) is 28.8 Å². The van der Waals surface area contributed by atoms with Crippen molar-refractivity contribution in [3.63, 3.8) is 0 Å². The summed E-state index contributed by atoms with van der Waals surface area (Å²) in [6.07, 6.45) is 3.35. The first-order valence-electron chi connectivity index (χ1n) is 4.87. The van der Waals surface area contributed by atoms with Crippen LogP contribution in [0.4, 0.5) is 8.78 Å². The molecular weight excluding hydrogens is 196 g/mol. The topological polar surface area (TPSA) is 12.4 Å². The van der Waals surface area contributed by atoms with Crippen molar-refractivity contribution in [3.8, 4) is 0 Å². The quantitative estimate of drug-likeness (QED) is 0.667. The number of rotatable bonds is 1. The molecule has 0 atom stereocenters. The third kappa shape index (κ3) is 1.82. The average molecular weight is 207 g/mol. The Bertz CT molecular complexity index is 427. The predicted molar refractivity (Wildman–Crippen MR) is 56.7 cm³/mol. The third-order valence-corrected chi connectivity index (χ3v) is 2.47. The van der Waals surface area contributed by atoms with Gasteiger partial charge in [-0.05, 0) is 37.5 Å². The molecule has 3 heteroatoms. The SMILES string of the molecule is CC1=C(c2c(F)cccc2F)N=CCC1. The van der Waals surface area contributed by atoms with Crippen molar-refractivity contribution in [2.75, 3.05) is 0 Å². The normalized spacial score (nSPS) is 15.9. The summed E-state index contributed by atoms with van der Waals surface area (Å²) in [4.78, 5) is 4.08. The lowest BCUT2D eigenvalue weighted by Gasteiger charge is -2.13. The minimum absolute atomic E-state index is 0.00838. The van der Waals surface area contributed by atoms with E-state index >= 15 is 0 Å². The van der Waals surface area contributed by atoms with Crippen LogP contribution in [-0.2, 0) is 0 Å². The molecule has 1 aliphatic rings. The van der Waals surface area contributed by atoms with E-state index in [1.807, 2.05) is 6.92 Å². The molecule has 0 radical (unpaired) electrons. The summed E-state index contributed by atoms with van der Waals surface area (Å²) in [7, 11) is 0. The monoisotopic (exact) mass is 207 g/mol. The lowest BCUT2D eigenvalue weighted by Crippen LogP contribution is -2.00.